The second-order valence-corrected chi connectivity index (χ2v) is 8.61. The largest absolute Gasteiger partial charge is 1.00 e. The van der Waals surface area contributed by atoms with Crippen LogP contribution in [0, 0.1) is 0 Å². The maximum absolute atomic E-state index is 10.4. The van der Waals surface area contributed by atoms with Crippen LogP contribution in [0.3, 0.4) is 0 Å². The first-order chi connectivity index (χ1) is 11.5. The first kappa shape index (κ1) is 28.1. The molecule has 25 heavy (non-hydrogen) atoms. The van der Waals surface area contributed by atoms with Gasteiger partial charge in [0.1, 0.15) is 0 Å². The quantitative estimate of drug-likeness (QED) is 0.222. The second-order valence-electron chi connectivity index (χ2n) is 7.09. The Hall–Kier alpha value is 0.870. The van der Waals surface area contributed by atoms with E-state index in [1.54, 1.807) is 0 Å². The van der Waals surface area contributed by atoms with Crippen LogP contribution >= 0.6 is 0 Å². The number of unbranched alkanes of at least 4 members (excludes halogenated alkanes) is 12. The van der Waals surface area contributed by atoms with E-state index in [4.69, 9.17) is 0 Å². The van der Waals surface area contributed by atoms with Crippen molar-refractivity contribution in [2.24, 2.45) is 0 Å². The Morgan fingerprint density at radius 3 is 1.48 bits per heavy atom. The topological polar surface area (TPSA) is 77.4 Å². The molecular weight excluding hydrogens is 347 g/mol. The SMILES string of the molecule is CCCCCCCCCCCCC(O)CCCCCCS(=O)(=O)[O-].[Na+]. The van der Waals surface area contributed by atoms with Crippen LogP contribution in [-0.2, 0) is 10.1 Å². The summed E-state index contributed by atoms with van der Waals surface area (Å²) >= 11 is 0. The van der Waals surface area contributed by atoms with E-state index < -0.39 is 10.1 Å². The maximum Gasteiger partial charge on any atom is 1.00 e. The van der Waals surface area contributed by atoms with E-state index in [2.05, 4.69) is 6.92 Å². The van der Waals surface area contributed by atoms with Gasteiger partial charge in [-0.05, 0) is 19.3 Å². The Labute approximate surface area is 178 Å². The first-order valence-corrected chi connectivity index (χ1v) is 11.6. The second kappa shape index (κ2) is 19.6. The van der Waals surface area contributed by atoms with Gasteiger partial charge in [-0.2, -0.15) is 0 Å². The molecule has 0 aromatic carbocycles. The van der Waals surface area contributed by atoms with Crippen LogP contribution in [0.15, 0.2) is 0 Å². The number of aliphatic hydroxyl groups is 1. The van der Waals surface area contributed by atoms with Crippen molar-refractivity contribution in [2.75, 3.05) is 5.75 Å². The smallest absolute Gasteiger partial charge is 0.748 e. The molecule has 1 N–H and O–H groups in total. The molecule has 0 saturated heterocycles. The summed E-state index contributed by atoms with van der Waals surface area (Å²) in [5.41, 5.74) is 0. The molecule has 0 bridgehead atoms. The van der Waals surface area contributed by atoms with Gasteiger partial charge < -0.3 is 9.66 Å². The fourth-order valence-electron chi connectivity index (χ4n) is 3.02. The summed E-state index contributed by atoms with van der Waals surface area (Å²) in [5, 5.41) is 9.91. The van der Waals surface area contributed by atoms with Crippen molar-refractivity contribution in [2.45, 2.75) is 116 Å². The van der Waals surface area contributed by atoms with Crippen LogP contribution < -0.4 is 29.6 Å². The van der Waals surface area contributed by atoms with E-state index in [0.717, 1.165) is 38.5 Å². The van der Waals surface area contributed by atoms with E-state index in [1.165, 1.54) is 57.8 Å². The Morgan fingerprint density at radius 2 is 1.08 bits per heavy atom. The third-order valence-corrected chi connectivity index (χ3v) is 5.36. The van der Waals surface area contributed by atoms with Crippen molar-refractivity contribution in [3.8, 4) is 0 Å². The van der Waals surface area contributed by atoms with Crippen LogP contribution in [0.5, 0.6) is 0 Å². The zero-order valence-electron chi connectivity index (χ0n) is 16.7. The summed E-state index contributed by atoms with van der Waals surface area (Å²) in [7, 11) is -4.05. The molecule has 1 atom stereocenters. The maximum atomic E-state index is 10.4. The van der Waals surface area contributed by atoms with E-state index in [0.29, 0.717) is 6.42 Å². The van der Waals surface area contributed by atoms with Crippen molar-refractivity contribution < 1.29 is 47.6 Å². The van der Waals surface area contributed by atoms with E-state index in [1.807, 2.05) is 0 Å². The first-order valence-electron chi connectivity index (χ1n) is 10.1. The third-order valence-electron chi connectivity index (χ3n) is 4.57. The van der Waals surface area contributed by atoms with Crippen molar-refractivity contribution in [3.63, 3.8) is 0 Å². The average molecular weight is 387 g/mol. The Kier molecular flexibility index (Phi) is 22.0. The Bertz CT molecular complexity index is 360. The molecule has 0 radical (unpaired) electrons. The summed E-state index contributed by atoms with van der Waals surface area (Å²) in [6.45, 7) is 2.25. The van der Waals surface area contributed by atoms with E-state index >= 15 is 0 Å². The number of aliphatic hydroxyl groups excluding tert-OH is 1. The fourth-order valence-corrected chi connectivity index (χ4v) is 3.58. The molecule has 146 valence electrons. The average Bonchev–Trinajstić information content (AvgIpc) is 2.51. The monoisotopic (exact) mass is 386 g/mol. The molecule has 0 aliphatic heterocycles. The zero-order chi connectivity index (χ0) is 18.1. The molecule has 0 heterocycles. The molecule has 0 aromatic rings. The van der Waals surface area contributed by atoms with Gasteiger partial charge in [-0.15, -0.1) is 0 Å². The summed E-state index contributed by atoms with van der Waals surface area (Å²) in [6.07, 6.45) is 17.6. The van der Waals surface area contributed by atoms with E-state index in [-0.39, 0.29) is 41.4 Å². The fraction of sp³-hybridized carbons (Fsp3) is 1.00. The standard InChI is InChI=1S/C19H40O4S.Na/c1-2-3-4-5-6-7-8-9-10-13-16-19(20)17-14-11-12-15-18-24(21,22)23;/h19-20H,2-18H2,1H3,(H,21,22,23);/q;+1/p-1. The number of rotatable bonds is 18. The van der Waals surface area contributed by atoms with Gasteiger partial charge in [0, 0.05) is 5.75 Å². The van der Waals surface area contributed by atoms with Gasteiger partial charge in [0.2, 0.25) is 0 Å². The van der Waals surface area contributed by atoms with E-state index in [9.17, 15) is 18.1 Å². The molecule has 0 aliphatic rings. The Balaban J connectivity index is 0. The van der Waals surface area contributed by atoms with Crippen LogP contribution in [0.1, 0.15) is 110 Å². The van der Waals surface area contributed by atoms with Gasteiger partial charge in [0.05, 0.1) is 16.2 Å². The molecule has 1 unspecified atom stereocenters. The molecule has 0 saturated carbocycles. The predicted octanol–water partition coefficient (Wildman–Crippen LogP) is 2.16. The molecule has 0 spiro atoms. The van der Waals surface area contributed by atoms with Gasteiger partial charge >= 0.3 is 29.6 Å². The summed E-state index contributed by atoms with van der Waals surface area (Å²) < 4.78 is 31.3. The summed E-state index contributed by atoms with van der Waals surface area (Å²) in [4.78, 5) is 0. The molecule has 0 amide bonds. The van der Waals surface area contributed by atoms with Crippen LogP contribution in [0.25, 0.3) is 0 Å². The van der Waals surface area contributed by atoms with Gasteiger partial charge in [-0.1, -0.05) is 90.4 Å². The number of hydrogen-bond donors (Lipinski definition) is 1. The molecule has 0 aromatic heterocycles. The van der Waals surface area contributed by atoms with Gasteiger partial charge in [-0.25, -0.2) is 8.42 Å². The zero-order valence-corrected chi connectivity index (χ0v) is 19.5. The number of hydrogen-bond acceptors (Lipinski definition) is 4. The third kappa shape index (κ3) is 24.9. The van der Waals surface area contributed by atoms with Crippen molar-refractivity contribution in [3.05, 3.63) is 0 Å². The van der Waals surface area contributed by atoms with Crippen molar-refractivity contribution in [1.29, 1.82) is 0 Å². The molecule has 0 rings (SSSR count). The normalized spacial score (nSPS) is 12.8. The van der Waals surface area contributed by atoms with Crippen LogP contribution in [0.2, 0.25) is 0 Å². The van der Waals surface area contributed by atoms with Gasteiger partial charge in [0.25, 0.3) is 0 Å². The minimum Gasteiger partial charge on any atom is -0.748 e. The van der Waals surface area contributed by atoms with Crippen LogP contribution in [0.4, 0.5) is 0 Å². The minimum atomic E-state index is -4.05. The van der Waals surface area contributed by atoms with Gasteiger partial charge in [0.15, 0.2) is 0 Å². The minimum absolute atomic E-state index is 0. The van der Waals surface area contributed by atoms with Crippen LogP contribution in [-0.4, -0.2) is 29.9 Å². The van der Waals surface area contributed by atoms with Crippen molar-refractivity contribution >= 4 is 10.1 Å². The molecule has 0 aliphatic carbocycles. The summed E-state index contributed by atoms with van der Waals surface area (Å²) in [5.74, 6) is -0.256. The Morgan fingerprint density at radius 1 is 0.720 bits per heavy atom. The summed E-state index contributed by atoms with van der Waals surface area (Å²) in [6, 6.07) is 0. The molecule has 4 nitrogen and oxygen atoms in total. The van der Waals surface area contributed by atoms with Crippen molar-refractivity contribution in [1.82, 2.24) is 0 Å². The molecular formula is C19H39NaO4S. The molecule has 6 heteroatoms. The van der Waals surface area contributed by atoms with Gasteiger partial charge in [-0.3, -0.25) is 0 Å². The molecule has 0 fully saturated rings. The predicted molar refractivity (Wildman–Crippen MR) is 100 cm³/mol.